The maximum Gasteiger partial charge on any atom is 0.413 e. The summed E-state index contributed by atoms with van der Waals surface area (Å²) < 4.78 is 5.66. The number of benzene rings is 1. The van der Waals surface area contributed by atoms with Crippen molar-refractivity contribution in [1.29, 1.82) is 0 Å². The highest BCUT2D eigenvalue weighted by Crippen LogP contribution is 2.36. The summed E-state index contributed by atoms with van der Waals surface area (Å²) in [4.78, 5) is 19.8. The molecule has 0 radical (unpaired) electrons. The molecule has 0 aliphatic carbocycles. The van der Waals surface area contributed by atoms with Crippen LogP contribution in [-0.4, -0.2) is 41.7 Å². The first-order chi connectivity index (χ1) is 11.7. The number of carbonyl (C=O) groups excluding carboxylic acids is 1. The molecular formula is C17H19Cl2N3O2S. The van der Waals surface area contributed by atoms with Crippen molar-refractivity contribution in [2.75, 3.05) is 25.0 Å². The number of nitrogens with zero attached hydrogens (tertiary/aromatic N) is 2. The molecule has 0 saturated carbocycles. The third kappa shape index (κ3) is 3.92. The van der Waals surface area contributed by atoms with Crippen LogP contribution in [0.25, 0.3) is 10.4 Å². The number of piperidine rings is 3. The Hall–Kier alpha value is -1.34. The number of aromatic nitrogens is 1. The van der Waals surface area contributed by atoms with Gasteiger partial charge in [-0.2, -0.15) is 0 Å². The van der Waals surface area contributed by atoms with Gasteiger partial charge in [-0.3, -0.25) is 10.2 Å². The minimum atomic E-state index is -0.437. The molecule has 5 nitrogen and oxygen atoms in total. The number of ether oxygens (including phenoxy) is 1. The molecule has 2 bridgehead atoms. The van der Waals surface area contributed by atoms with Crippen LogP contribution < -0.4 is 5.32 Å². The number of hydrogen-bond donors (Lipinski definition) is 1. The first-order valence-electron chi connectivity index (χ1n) is 8.09. The molecule has 3 fully saturated rings. The van der Waals surface area contributed by atoms with Gasteiger partial charge < -0.3 is 4.74 Å². The number of nitrogens with one attached hydrogen (secondary N) is 1. The molecular weight excluding hydrogens is 381 g/mol. The highest BCUT2D eigenvalue weighted by molar-refractivity contribution is 7.14. The average molecular weight is 400 g/mol. The summed E-state index contributed by atoms with van der Waals surface area (Å²) in [5, 5.41) is 3.42. The number of carbonyl (C=O) groups is 1. The first kappa shape index (κ1) is 18.5. The summed E-state index contributed by atoms with van der Waals surface area (Å²) in [5.41, 5.74) is 2.56. The molecule has 8 heteroatoms. The molecule has 4 heterocycles. The molecule has 3 saturated heterocycles. The Morgan fingerprint density at radius 2 is 2.08 bits per heavy atom. The van der Waals surface area contributed by atoms with Gasteiger partial charge in [0.25, 0.3) is 0 Å². The largest absolute Gasteiger partial charge is 0.444 e. The van der Waals surface area contributed by atoms with Crippen LogP contribution in [0, 0.1) is 5.92 Å². The lowest BCUT2D eigenvalue weighted by molar-refractivity contribution is -0.0290. The summed E-state index contributed by atoms with van der Waals surface area (Å²) in [6.07, 6.45) is 1.77. The van der Waals surface area contributed by atoms with Crippen molar-refractivity contribution in [3.05, 3.63) is 34.8 Å². The molecule has 1 amide bonds. The van der Waals surface area contributed by atoms with Crippen molar-refractivity contribution in [1.82, 2.24) is 9.88 Å². The van der Waals surface area contributed by atoms with E-state index in [1.807, 2.05) is 24.3 Å². The molecule has 0 unspecified atom stereocenters. The molecule has 1 N–H and O–H groups in total. The Morgan fingerprint density at radius 1 is 1.32 bits per heavy atom. The summed E-state index contributed by atoms with van der Waals surface area (Å²) >= 11 is 7.69. The van der Waals surface area contributed by atoms with Crippen LogP contribution in [0.15, 0.2) is 29.8 Å². The summed E-state index contributed by atoms with van der Waals surface area (Å²) in [6, 6.07) is 7.53. The second kappa shape index (κ2) is 7.91. The van der Waals surface area contributed by atoms with E-state index in [-0.39, 0.29) is 18.5 Å². The molecule has 1 aromatic carbocycles. The Kier molecular flexibility index (Phi) is 5.84. The van der Waals surface area contributed by atoms with E-state index in [0.717, 1.165) is 42.9 Å². The van der Waals surface area contributed by atoms with Crippen molar-refractivity contribution < 1.29 is 9.53 Å². The van der Waals surface area contributed by atoms with Gasteiger partial charge in [0.15, 0.2) is 5.82 Å². The van der Waals surface area contributed by atoms with Crippen molar-refractivity contribution in [3.8, 4) is 10.4 Å². The zero-order valence-electron chi connectivity index (χ0n) is 13.5. The van der Waals surface area contributed by atoms with Gasteiger partial charge in [-0.05, 0) is 37.9 Å². The molecule has 3 aliphatic rings. The standard InChI is InChI=1S/C17H18ClN3O2S.ClH/c18-13-4-2-1-3-12(13)15-16(19-10-24-15)20-17(22)23-14-9-21-7-5-11(14)6-8-21;/h1-4,10-11,14H,5-9H2,(H,20,22);1H/t14-;/m0./s1. The summed E-state index contributed by atoms with van der Waals surface area (Å²) in [6.45, 7) is 3.08. The highest BCUT2D eigenvalue weighted by atomic mass is 35.5. The number of hydrogen-bond acceptors (Lipinski definition) is 5. The molecule has 1 atom stereocenters. The fourth-order valence-electron chi connectivity index (χ4n) is 3.48. The molecule has 1 aromatic heterocycles. The fourth-order valence-corrected chi connectivity index (χ4v) is 4.55. The lowest BCUT2D eigenvalue weighted by Crippen LogP contribution is -2.52. The van der Waals surface area contributed by atoms with Crippen molar-refractivity contribution in [3.63, 3.8) is 0 Å². The zero-order chi connectivity index (χ0) is 16.5. The van der Waals surface area contributed by atoms with Gasteiger partial charge >= 0.3 is 6.09 Å². The van der Waals surface area contributed by atoms with Gasteiger partial charge in [0.2, 0.25) is 0 Å². The van der Waals surface area contributed by atoms with Gasteiger partial charge in [-0.1, -0.05) is 29.8 Å². The lowest BCUT2D eigenvalue weighted by Gasteiger charge is -2.43. The monoisotopic (exact) mass is 399 g/mol. The van der Waals surface area contributed by atoms with E-state index < -0.39 is 6.09 Å². The molecule has 5 rings (SSSR count). The average Bonchev–Trinajstić information content (AvgIpc) is 3.04. The van der Waals surface area contributed by atoms with Crippen LogP contribution in [0.5, 0.6) is 0 Å². The van der Waals surface area contributed by atoms with Gasteiger partial charge in [0.1, 0.15) is 6.10 Å². The normalized spacial score (nSPS) is 24.4. The minimum absolute atomic E-state index is 0. The van der Waals surface area contributed by atoms with Crippen LogP contribution in [0.4, 0.5) is 10.6 Å². The van der Waals surface area contributed by atoms with E-state index in [4.69, 9.17) is 16.3 Å². The molecule has 2 aromatic rings. The van der Waals surface area contributed by atoms with E-state index in [0.29, 0.717) is 16.8 Å². The van der Waals surface area contributed by atoms with Crippen molar-refractivity contribution >= 4 is 47.3 Å². The van der Waals surface area contributed by atoms with Crippen LogP contribution >= 0.6 is 35.3 Å². The van der Waals surface area contributed by atoms with Gasteiger partial charge in [-0.25, -0.2) is 9.78 Å². The second-order valence-corrected chi connectivity index (χ2v) is 7.48. The summed E-state index contributed by atoms with van der Waals surface area (Å²) in [5.74, 6) is 0.985. The quantitative estimate of drug-likeness (QED) is 0.823. The number of fused-ring (bicyclic) bond motifs is 3. The van der Waals surface area contributed by atoms with E-state index in [2.05, 4.69) is 15.2 Å². The van der Waals surface area contributed by atoms with Gasteiger partial charge in [-0.15, -0.1) is 23.7 Å². The fraction of sp³-hybridized carbons (Fsp3) is 0.412. The van der Waals surface area contributed by atoms with Crippen molar-refractivity contribution in [2.45, 2.75) is 18.9 Å². The number of halogens is 2. The second-order valence-electron chi connectivity index (χ2n) is 6.22. The van der Waals surface area contributed by atoms with Gasteiger partial charge in [0.05, 0.1) is 10.4 Å². The number of rotatable bonds is 3. The van der Waals surface area contributed by atoms with E-state index in [1.54, 1.807) is 5.51 Å². The van der Waals surface area contributed by atoms with E-state index in [9.17, 15) is 4.79 Å². The third-order valence-electron chi connectivity index (χ3n) is 4.76. The van der Waals surface area contributed by atoms with Crippen LogP contribution in [0.2, 0.25) is 5.02 Å². The Morgan fingerprint density at radius 3 is 2.76 bits per heavy atom. The van der Waals surface area contributed by atoms with E-state index >= 15 is 0 Å². The maximum absolute atomic E-state index is 12.3. The SMILES string of the molecule is Cl.O=C(Nc1ncsc1-c1ccccc1Cl)O[C@H]1CN2CCC1CC2. The van der Waals surface area contributed by atoms with E-state index in [1.165, 1.54) is 11.3 Å². The first-order valence-corrected chi connectivity index (χ1v) is 9.35. The van der Waals surface area contributed by atoms with Crippen LogP contribution in [0.1, 0.15) is 12.8 Å². The molecule has 0 spiro atoms. The Labute approximate surface area is 161 Å². The minimum Gasteiger partial charge on any atom is -0.444 e. The van der Waals surface area contributed by atoms with Crippen LogP contribution in [0.3, 0.4) is 0 Å². The highest BCUT2D eigenvalue weighted by Gasteiger charge is 2.36. The number of thiazole rings is 1. The number of anilines is 1. The summed E-state index contributed by atoms with van der Waals surface area (Å²) in [7, 11) is 0. The zero-order valence-corrected chi connectivity index (χ0v) is 15.9. The molecule has 25 heavy (non-hydrogen) atoms. The Balaban J connectivity index is 0.00000182. The smallest absolute Gasteiger partial charge is 0.413 e. The van der Waals surface area contributed by atoms with Gasteiger partial charge in [0, 0.05) is 17.1 Å². The maximum atomic E-state index is 12.3. The van der Waals surface area contributed by atoms with Crippen molar-refractivity contribution in [2.24, 2.45) is 5.92 Å². The molecule has 3 aliphatic heterocycles. The number of amides is 1. The molecule has 134 valence electrons. The predicted octanol–water partition coefficient (Wildman–Crippen LogP) is 4.53. The topological polar surface area (TPSA) is 54.5 Å². The Bertz CT molecular complexity index is 747. The predicted molar refractivity (Wildman–Crippen MR) is 103 cm³/mol. The lowest BCUT2D eigenvalue weighted by atomic mass is 9.86. The van der Waals surface area contributed by atoms with Crippen LogP contribution in [-0.2, 0) is 4.74 Å². The third-order valence-corrected chi connectivity index (χ3v) is 5.95.